The molecule has 0 aliphatic carbocycles. The van der Waals surface area contributed by atoms with Crippen LogP contribution in [0.5, 0.6) is 0 Å². The van der Waals surface area contributed by atoms with Crippen LogP contribution in [0.15, 0.2) is 66.5 Å². The first-order valence-corrected chi connectivity index (χ1v) is 13.7. The molecule has 4 N–H and O–H groups in total. The summed E-state index contributed by atoms with van der Waals surface area (Å²) < 4.78 is 4.07. The van der Waals surface area contributed by atoms with E-state index in [4.69, 9.17) is 5.73 Å². The fourth-order valence-electron chi connectivity index (χ4n) is 3.30. The van der Waals surface area contributed by atoms with Gasteiger partial charge in [-0.3, -0.25) is 19.4 Å². The number of fused-ring (bicyclic) bond motifs is 1. The van der Waals surface area contributed by atoms with Crippen LogP contribution in [0.2, 0.25) is 0 Å². The number of hydrogen-bond donors (Lipinski definition) is 3. The predicted molar refractivity (Wildman–Crippen MR) is 183 cm³/mol. The quantitative estimate of drug-likeness (QED) is 0.145. The van der Waals surface area contributed by atoms with Crippen LogP contribution in [0, 0.1) is 0 Å². The molecule has 234 valence electrons. The summed E-state index contributed by atoms with van der Waals surface area (Å²) in [6.45, 7) is 2.91. The Morgan fingerprint density at radius 2 is 1.42 bits per heavy atom. The number of amides is 2. The lowest BCUT2D eigenvalue weighted by atomic mass is 10.1. The number of pyridine rings is 1. The molecule has 0 aliphatic heterocycles. The lowest BCUT2D eigenvalue weighted by Crippen LogP contribution is -2.11. The summed E-state index contributed by atoms with van der Waals surface area (Å²) in [5.41, 5.74) is 10.0. The smallest absolute Gasteiger partial charge is 0.221 e. The van der Waals surface area contributed by atoms with Crippen molar-refractivity contribution in [3.05, 3.63) is 72.1 Å². The molecule has 1 heterocycles. The molecule has 12 heteroatoms. The number of nitrogens with zero attached hydrogens (tertiary/aromatic N) is 4. The fraction of sp³-hybridized carbons (Fsp3) is 0.290. The highest BCUT2D eigenvalue weighted by atomic mass is 36.5. The third-order valence-electron chi connectivity index (χ3n) is 4.59. The van der Waals surface area contributed by atoms with Gasteiger partial charge in [0.05, 0.1) is 5.52 Å². The zero-order valence-corrected chi connectivity index (χ0v) is 26.9. The van der Waals surface area contributed by atoms with E-state index in [1.54, 1.807) is 42.5 Å². The molecule has 2 aromatic carbocycles. The lowest BCUT2D eigenvalue weighted by Gasteiger charge is -2.03. The van der Waals surface area contributed by atoms with Crippen LogP contribution in [0.1, 0.15) is 31.6 Å². The van der Waals surface area contributed by atoms with Gasteiger partial charge in [0.15, 0.2) is 18.7 Å². The minimum atomic E-state index is -0.121. The molecule has 0 unspecified atom stereocenters. The Kier molecular flexibility index (Phi) is 21.2. The Bertz CT molecular complexity index is 1390. The summed E-state index contributed by atoms with van der Waals surface area (Å²) in [7, 11) is 20.3. The summed E-state index contributed by atoms with van der Waals surface area (Å²) in [6, 6.07) is 14.2. The molecule has 3 rings (SSSR count). The molecule has 0 atom stereocenters. The van der Waals surface area contributed by atoms with Crippen LogP contribution in [-0.4, -0.2) is 91.9 Å². The second kappa shape index (κ2) is 22.3. The van der Waals surface area contributed by atoms with Crippen LogP contribution < -0.4 is 16.4 Å². The van der Waals surface area contributed by atoms with Crippen molar-refractivity contribution >= 4 is 80.2 Å². The van der Waals surface area contributed by atoms with Gasteiger partial charge in [0.2, 0.25) is 11.8 Å². The van der Waals surface area contributed by atoms with Gasteiger partial charge in [0, 0.05) is 90.1 Å². The first kappa shape index (κ1) is 40.9. The van der Waals surface area contributed by atoms with Crippen molar-refractivity contribution in [2.24, 2.45) is 0 Å². The van der Waals surface area contributed by atoms with Gasteiger partial charge in [-0.15, -0.1) is 0 Å². The summed E-state index contributed by atoms with van der Waals surface area (Å²) >= 11 is 0. The highest BCUT2D eigenvalue weighted by Crippen LogP contribution is 2.18. The van der Waals surface area contributed by atoms with E-state index in [2.05, 4.69) is 56.0 Å². The zero-order chi connectivity index (χ0) is 32.2. The van der Waals surface area contributed by atoms with E-state index in [0.717, 1.165) is 22.9 Å². The number of allylic oxidation sites excluding steroid dienone is 1. The van der Waals surface area contributed by atoms with Crippen molar-refractivity contribution in [3.63, 3.8) is 0 Å². The minimum Gasteiger partial charge on any atom is -0.399 e. The molecule has 3 aromatic rings. The second-order valence-electron chi connectivity index (χ2n) is 9.56. The average molecular weight is 635 g/mol. The number of hydrogen-bond acceptors (Lipinski definition) is 6. The Labute approximate surface area is 265 Å². The predicted octanol–water partition coefficient (Wildman–Crippen LogP) is 5.37. The number of nitrogen functional groups attached to an aromatic ring is 1. The van der Waals surface area contributed by atoms with Gasteiger partial charge in [0.1, 0.15) is 33.8 Å². The number of aldehydes is 1. The van der Waals surface area contributed by atoms with Crippen LogP contribution >= 0.6 is 21.7 Å². The maximum absolute atomic E-state index is 10.9. The van der Waals surface area contributed by atoms with Crippen molar-refractivity contribution in [3.8, 4) is 0 Å². The van der Waals surface area contributed by atoms with Gasteiger partial charge < -0.3 is 21.3 Å². The molecule has 0 spiro atoms. The van der Waals surface area contributed by atoms with Crippen molar-refractivity contribution in [2.75, 3.05) is 58.7 Å². The van der Waals surface area contributed by atoms with Crippen molar-refractivity contribution in [2.45, 2.75) is 21.3 Å². The zero-order valence-electron chi connectivity index (χ0n) is 25.4. The molecular weight excluding hydrogens is 589 g/mol. The number of benzene rings is 2. The summed E-state index contributed by atoms with van der Waals surface area (Å²) in [6.07, 6.45) is 8.51. The van der Waals surface area contributed by atoms with E-state index in [1.807, 2.05) is 62.4 Å². The second-order valence-corrected chi connectivity index (χ2v) is 9.56. The molecule has 0 bridgehead atoms. The summed E-state index contributed by atoms with van der Waals surface area (Å²) in [4.78, 5) is 38.2. The first-order chi connectivity index (χ1) is 19.8. The van der Waals surface area contributed by atoms with E-state index in [9.17, 15) is 14.4 Å². The molecule has 0 saturated carbocycles. The Morgan fingerprint density at radius 3 is 1.86 bits per heavy atom. The van der Waals surface area contributed by atoms with Crippen LogP contribution in [-0.2, 0) is 9.59 Å². The van der Waals surface area contributed by atoms with Crippen molar-refractivity contribution in [1.29, 1.82) is 0 Å². The summed E-state index contributed by atoms with van der Waals surface area (Å²) in [5, 5.41) is 6.18. The van der Waals surface area contributed by atoms with Crippen LogP contribution in [0.4, 0.5) is 17.1 Å². The van der Waals surface area contributed by atoms with E-state index in [-0.39, 0.29) is 19.2 Å². The first-order valence-electron chi connectivity index (χ1n) is 12.6. The van der Waals surface area contributed by atoms with Crippen molar-refractivity contribution in [1.82, 2.24) is 9.88 Å². The van der Waals surface area contributed by atoms with Gasteiger partial charge in [-0.05, 0) is 36.4 Å². The molecule has 0 fully saturated rings. The highest BCUT2D eigenvalue weighted by Gasteiger charge is 2.01. The topological polar surface area (TPSA) is 123 Å². The van der Waals surface area contributed by atoms with Gasteiger partial charge >= 0.3 is 0 Å². The number of aromatic nitrogens is 1. The maximum atomic E-state index is 10.9. The third-order valence-corrected chi connectivity index (χ3v) is 4.59. The fourth-order valence-corrected chi connectivity index (χ4v) is 3.30. The standard InChI is InChI=1S/C12H10N2O2.C10H21N3.C8H10N2O.CH4.Cl2/c1-8(16)14-11-3-2-10-4-9(7-15)6-13-12(10)5-11;1-11(2)7-10(8-12(3)4)9-13(5)6;1-6(11)10-8-4-2-3-7(9)5-8;;1-2/h2-7H,1H3,(H,14,16);7-9H,1-6H3;2-5H,9H2,1H3,(H,10,11);1H4;/q;+2;;;. The number of nitrogens with two attached hydrogens (primary N) is 1. The van der Waals surface area contributed by atoms with Gasteiger partial charge in [0.25, 0.3) is 0 Å². The Balaban J connectivity index is 0. The Morgan fingerprint density at radius 1 is 0.884 bits per heavy atom. The normalized spacial score (nSPS) is 8.88. The number of carbonyl (C=O) groups excluding carboxylic acids is 3. The lowest BCUT2D eigenvalue weighted by molar-refractivity contribution is -0.462. The van der Waals surface area contributed by atoms with Gasteiger partial charge in [-0.2, -0.15) is 0 Å². The van der Waals surface area contributed by atoms with E-state index in [1.165, 1.54) is 25.6 Å². The monoisotopic (exact) mass is 633 g/mol. The molecule has 0 radical (unpaired) electrons. The van der Waals surface area contributed by atoms with Gasteiger partial charge in [-0.25, -0.2) is 9.15 Å². The minimum absolute atomic E-state index is 0. The number of rotatable bonds is 6. The number of anilines is 3. The number of carbonyl (C=O) groups is 3. The molecule has 10 nitrogen and oxygen atoms in total. The average Bonchev–Trinajstić information content (AvgIpc) is 2.88. The molecule has 2 amide bonds. The van der Waals surface area contributed by atoms with Gasteiger partial charge in [-0.1, -0.05) is 19.6 Å². The van der Waals surface area contributed by atoms with E-state index < -0.39 is 0 Å². The molecular formula is C31H45Cl2N7O3+2. The third kappa shape index (κ3) is 19.5. The maximum Gasteiger partial charge on any atom is 0.221 e. The number of nitrogens with one attached hydrogen (secondary N) is 2. The highest BCUT2D eigenvalue weighted by molar-refractivity contribution is 6.85. The van der Waals surface area contributed by atoms with Crippen LogP contribution in [0.25, 0.3) is 10.9 Å². The Hall–Kier alpha value is -4.28. The van der Waals surface area contributed by atoms with Crippen LogP contribution in [0.3, 0.4) is 0 Å². The van der Waals surface area contributed by atoms with Crippen molar-refractivity contribution < 1.29 is 23.5 Å². The molecule has 0 saturated heterocycles. The van der Waals surface area contributed by atoms with E-state index in [0.29, 0.717) is 16.9 Å². The van der Waals surface area contributed by atoms with E-state index >= 15 is 0 Å². The molecule has 0 aliphatic rings. The largest absolute Gasteiger partial charge is 0.399 e. The molecule has 1 aromatic heterocycles. The number of halogens is 2. The molecule has 43 heavy (non-hydrogen) atoms. The SMILES string of the molecule is C.CC(=O)Nc1ccc2cc(C=O)cnc2c1.CC(=O)Nc1cccc(N)c1.CN(C)C=C(C=[N+](C)C)C=[N+](C)C.ClCl. The summed E-state index contributed by atoms with van der Waals surface area (Å²) in [5.74, 6) is -0.209.